The van der Waals surface area contributed by atoms with Gasteiger partial charge in [0.15, 0.2) is 0 Å². The molecule has 1 aliphatic carbocycles. The van der Waals surface area contributed by atoms with Gasteiger partial charge in [-0.25, -0.2) is 8.42 Å². The van der Waals surface area contributed by atoms with Crippen LogP contribution in [0.3, 0.4) is 0 Å². The van der Waals surface area contributed by atoms with E-state index >= 15 is 0 Å². The third-order valence-corrected chi connectivity index (χ3v) is 8.89. The summed E-state index contributed by atoms with van der Waals surface area (Å²) < 4.78 is 30.3. The normalized spacial score (nSPS) is 15.6. The van der Waals surface area contributed by atoms with Crippen LogP contribution >= 0.6 is 11.3 Å². The minimum Gasteiger partial charge on any atom is -0.378 e. The summed E-state index contributed by atoms with van der Waals surface area (Å²) in [6.07, 6.45) is 2.19. The second-order valence-electron chi connectivity index (χ2n) is 7.80. The van der Waals surface area contributed by atoms with Gasteiger partial charge in [-0.15, -0.1) is 11.3 Å². The number of rotatable bonds is 6. The van der Waals surface area contributed by atoms with Gasteiger partial charge in [0.05, 0.1) is 4.90 Å². The molecule has 0 spiro atoms. The van der Waals surface area contributed by atoms with Crippen LogP contribution in [0.25, 0.3) is 10.1 Å². The van der Waals surface area contributed by atoms with Gasteiger partial charge in [-0.05, 0) is 73.9 Å². The second kappa shape index (κ2) is 7.08. The van der Waals surface area contributed by atoms with Crippen molar-refractivity contribution in [1.29, 1.82) is 0 Å². The zero-order chi connectivity index (χ0) is 20.1. The van der Waals surface area contributed by atoms with Gasteiger partial charge in [0.1, 0.15) is 5.00 Å². The van der Waals surface area contributed by atoms with Gasteiger partial charge in [-0.1, -0.05) is 18.2 Å². The summed E-state index contributed by atoms with van der Waals surface area (Å²) >= 11 is 1.57. The predicted octanol–water partition coefficient (Wildman–Crippen LogP) is 5.27. The number of nitrogens with zero attached hydrogens (tertiary/aromatic N) is 2. The average molecular weight is 415 g/mol. The van der Waals surface area contributed by atoms with Crippen LogP contribution in [0, 0.1) is 12.8 Å². The predicted molar refractivity (Wildman–Crippen MR) is 119 cm³/mol. The highest BCUT2D eigenvalue weighted by atomic mass is 32.2. The highest BCUT2D eigenvalue weighted by Gasteiger charge is 2.40. The molecule has 0 aliphatic heterocycles. The van der Waals surface area contributed by atoms with Crippen LogP contribution in [0.2, 0.25) is 0 Å². The Morgan fingerprint density at radius 3 is 2.25 bits per heavy atom. The second-order valence-corrected chi connectivity index (χ2v) is 10.6. The molecule has 1 aliphatic rings. The zero-order valence-electron chi connectivity index (χ0n) is 16.7. The first-order valence-electron chi connectivity index (χ1n) is 9.60. The van der Waals surface area contributed by atoms with Crippen molar-refractivity contribution in [3.8, 4) is 0 Å². The molecule has 0 saturated heterocycles. The van der Waals surface area contributed by atoms with Crippen LogP contribution in [0.5, 0.6) is 0 Å². The Labute approximate surface area is 171 Å². The maximum absolute atomic E-state index is 13.7. The van der Waals surface area contributed by atoms with E-state index in [4.69, 9.17) is 0 Å². The number of thiophene rings is 1. The molecular weight excluding hydrogens is 388 g/mol. The largest absolute Gasteiger partial charge is 0.378 e. The molecule has 0 amide bonds. The first-order valence-corrected chi connectivity index (χ1v) is 11.9. The van der Waals surface area contributed by atoms with E-state index < -0.39 is 10.0 Å². The van der Waals surface area contributed by atoms with Crippen molar-refractivity contribution in [2.45, 2.75) is 37.6 Å². The van der Waals surface area contributed by atoms with Crippen LogP contribution in [-0.4, -0.2) is 28.6 Å². The summed E-state index contributed by atoms with van der Waals surface area (Å²) in [5, 5.41) is 1.98. The molecule has 4 rings (SSSR count). The van der Waals surface area contributed by atoms with Crippen LogP contribution < -0.4 is 9.21 Å². The monoisotopic (exact) mass is 414 g/mol. The molecule has 28 heavy (non-hydrogen) atoms. The fraction of sp³-hybridized carbons (Fsp3) is 0.364. The topological polar surface area (TPSA) is 40.6 Å². The first kappa shape index (κ1) is 19.3. The standard InChI is InChI=1S/C22H26N2O2S2/c1-15-20-7-5-6-8-21(20)27-22(15)24(16(2)17-9-10-17)28(25,26)19-13-11-18(12-14-19)23(3)4/h5-8,11-14,16-17H,9-10H2,1-4H3. The van der Waals surface area contributed by atoms with Crippen molar-refractivity contribution in [3.05, 3.63) is 54.1 Å². The Bertz CT molecular complexity index is 1100. The van der Waals surface area contributed by atoms with Gasteiger partial charge in [-0.3, -0.25) is 4.31 Å². The van der Waals surface area contributed by atoms with Gasteiger partial charge < -0.3 is 4.90 Å². The van der Waals surface area contributed by atoms with E-state index in [1.165, 1.54) is 0 Å². The van der Waals surface area contributed by atoms with Crippen LogP contribution in [0.15, 0.2) is 53.4 Å². The van der Waals surface area contributed by atoms with Crippen LogP contribution in [0.4, 0.5) is 10.7 Å². The van der Waals surface area contributed by atoms with Crippen LogP contribution in [-0.2, 0) is 10.0 Å². The molecule has 1 aromatic heterocycles. The lowest BCUT2D eigenvalue weighted by Crippen LogP contribution is -2.40. The number of fused-ring (bicyclic) bond motifs is 1. The van der Waals surface area contributed by atoms with Gasteiger partial charge in [0.25, 0.3) is 10.0 Å². The van der Waals surface area contributed by atoms with E-state index in [-0.39, 0.29) is 6.04 Å². The summed E-state index contributed by atoms with van der Waals surface area (Å²) in [7, 11) is 0.254. The molecule has 2 aromatic carbocycles. The lowest BCUT2D eigenvalue weighted by Gasteiger charge is -2.30. The Morgan fingerprint density at radius 2 is 1.68 bits per heavy atom. The third-order valence-electron chi connectivity index (χ3n) is 5.60. The van der Waals surface area contributed by atoms with Gasteiger partial charge >= 0.3 is 0 Å². The number of aryl methyl sites for hydroxylation is 1. The van der Waals surface area contributed by atoms with E-state index in [1.807, 2.05) is 57.1 Å². The molecule has 3 aromatic rings. The SMILES string of the molecule is Cc1c(N(C(C)C2CC2)S(=O)(=O)c2ccc(N(C)C)cc2)sc2ccccc12. The number of benzene rings is 2. The fourth-order valence-corrected chi connectivity index (χ4v) is 6.97. The summed E-state index contributed by atoms with van der Waals surface area (Å²) in [6.45, 7) is 4.08. The van der Waals surface area contributed by atoms with Crippen molar-refractivity contribution in [2.24, 2.45) is 5.92 Å². The molecule has 1 fully saturated rings. The van der Waals surface area contributed by atoms with Crippen molar-refractivity contribution < 1.29 is 8.42 Å². The molecule has 1 saturated carbocycles. The Kier molecular flexibility index (Phi) is 4.88. The summed E-state index contributed by atoms with van der Waals surface area (Å²) in [5.74, 6) is 0.431. The molecule has 1 atom stereocenters. The van der Waals surface area contributed by atoms with Gasteiger partial charge in [0, 0.05) is 30.5 Å². The summed E-state index contributed by atoms with van der Waals surface area (Å²) in [5.41, 5.74) is 2.03. The van der Waals surface area contributed by atoms with Gasteiger partial charge in [0.2, 0.25) is 0 Å². The number of hydrogen-bond acceptors (Lipinski definition) is 4. The number of sulfonamides is 1. The number of hydrogen-bond donors (Lipinski definition) is 0. The molecule has 6 heteroatoms. The van der Waals surface area contributed by atoms with E-state index in [2.05, 4.69) is 12.1 Å². The molecule has 4 nitrogen and oxygen atoms in total. The minimum atomic E-state index is -3.65. The summed E-state index contributed by atoms with van der Waals surface area (Å²) in [4.78, 5) is 2.32. The molecule has 0 N–H and O–H groups in total. The molecule has 1 heterocycles. The van der Waals surface area contributed by atoms with Crippen molar-refractivity contribution in [3.63, 3.8) is 0 Å². The quantitative estimate of drug-likeness (QED) is 0.552. The third kappa shape index (κ3) is 3.29. The van der Waals surface area contributed by atoms with Crippen molar-refractivity contribution in [2.75, 3.05) is 23.3 Å². The summed E-state index contributed by atoms with van der Waals surface area (Å²) in [6, 6.07) is 15.3. The highest BCUT2D eigenvalue weighted by molar-refractivity contribution is 7.93. The molecule has 148 valence electrons. The lowest BCUT2D eigenvalue weighted by atomic mass is 10.1. The van der Waals surface area contributed by atoms with Crippen LogP contribution in [0.1, 0.15) is 25.3 Å². The molecule has 0 bridgehead atoms. The van der Waals surface area contributed by atoms with E-state index in [1.54, 1.807) is 27.8 Å². The van der Waals surface area contributed by atoms with E-state index in [0.717, 1.165) is 39.2 Å². The maximum atomic E-state index is 13.7. The molecular formula is C22H26N2O2S2. The van der Waals surface area contributed by atoms with Crippen molar-refractivity contribution >= 4 is 42.1 Å². The van der Waals surface area contributed by atoms with Crippen molar-refractivity contribution in [1.82, 2.24) is 0 Å². The Morgan fingerprint density at radius 1 is 1.04 bits per heavy atom. The Hall–Kier alpha value is -2.05. The smallest absolute Gasteiger partial charge is 0.265 e. The average Bonchev–Trinajstić information content (AvgIpc) is 3.48. The number of anilines is 2. The molecule has 0 radical (unpaired) electrons. The van der Waals surface area contributed by atoms with E-state index in [9.17, 15) is 8.42 Å². The minimum absolute atomic E-state index is 0.0507. The van der Waals surface area contributed by atoms with Gasteiger partial charge in [-0.2, -0.15) is 0 Å². The zero-order valence-corrected chi connectivity index (χ0v) is 18.3. The maximum Gasteiger partial charge on any atom is 0.265 e. The fourth-order valence-electron chi connectivity index (χ4n) is 3.68. The Balaban J connectivity index is 1.84. The molecule has 1 unspecified atom stereocenters. The highest BCUT2D eigenvalue weighted by Crippen LogP contribution is 2.45. The lowest BCUT2D eigenvalue weighted by molar-refractivity contribution is 0.567. The first-order chi connectivity index (χ1) is 13.3. The van der Waals surface area contributed by atoms with E-state index in [0.29, 0.717) is 10.8 Å².